The quantitative estimate of drug-likeness (QED) is 0.503. The Labute approximate surface area is 138 Å². The number of carboxylic acids is 1. The number of nitrogens with zero attached hydrogens (tertiary/aromatic N) is 1. The molecule has 2 fully saturated rings. The van der Waals surface area contributed by atoms with E-state index in [1.165, 1.54) is 16.7 Å². The van der Waals surface area contributed by atoms with Gasteiger partial charge in [0.1, 0.15) is 5.70 Å². The van der Waals surface area contributed by atoms with Crippen LogP contribution in [0.15, 0.2) is 10.6 Å². The number of aliphatic hydroxyl groups excluding tert-OH is 2. The van der Waals surface area contributed by atoms with Crippen molar-refractivity contribution in [2.24, 2.45) is 11.8 Å². The molecule has 128 valence electrons. The van der Waals surface area contributed by atoms with Crippen molar-refractivity contribution < 1.29 is 24.9 Å². The summed E-state index contributed by atoms with van der Waals surface area (Å²) in [5, 5.41) is 31.9. The number of carboxylic acid groups (broad SMARTS) is 1. The maximum absolute atomic E-state index is 12.2. The molecule has 0 aromatic heterocycles. The summed E-state index contributed by atoms with van der Waals surface area (Å²) < 4.78 is 0. The Bertz CT molecular complexity index is 564. The fraction of sp³-hybridized carbons (Fsp3) is 0.733. The number of nitrogens with one attached hydrogen (secondary N) is 1. The zero-order valence-corrected chi connectivity index (χ0v) is 13.9. The number of aliphatic carboxylic acids is 1. The third-order valence-electron chi connectivity index (χ3n) is 5.01. The van der Waals surface area contributed by atoms with Crippen molar-refractivity contribution in [3.63, 3.8) is 0 Å². The first kappa shape index (κ1) is 16.8. The van der Waals surface area contributed by atoms with E-state index >= 15 is 0 Å². The van der Waals surface area contributed by atoms with Crippen LogP contribution in [0.2, 0.25) is 0 Å². The number of β-lactam (4-membered cyclic amide) rings is 1. The van der Waals surface area contributed by atoms with Crippen LogP contribution in [0.5, 0.6) is 0 Å². The van der Waals surface area contributed by atoms with Crippen LogP contribution < -0.4 is 5.32 Å². The van der Waals surface area contributed by atoms with Crippen molar-refractivity contribution >= 4 is 23.6 Å². The lowest BCUT2D eigenvalue weighted by Gasteiger charge is -2.46. The molecule has 23 heavy (non-hydrogen) atoms. The summed E-state index contributed by atoms with van der Waals surface area (Å²) in [5.41, 5.74) is 0.0712. The lowest BCUT2D eigenvalue weighted by molar-refractivity contribution is -0.163. The Hall–Kier alpha value is -1.09. The smallest absolute Gasteiger partial charge is 0.353 e. The number of aliphatic hydroxyl groups is 2. The Kier molecular flexibility index (Phi) is 4.43. The topological polar surface area (TPSA) is 110 Å². The van der Waals surface area contributed by atoms with Crippen LogP contribution in [0.1, 0.15) is 20.3 Å². The van der Waals surface area contributed by atoms with Crippen molar-refractivity contribution in [1.82, 2.24) is 10.2 Å². The third-order valence-corrected chi connectivity index (χ3v) is 6.52. The second kappa shape index (κ2) is 6.08. The van der Waals surface area contributed by atoms with E-state index < -0.39 is 18.0 Å². The summed E-state index contributed by atoms with van der Waals surface area (Å²) in [7, 11) is 0. The highest BCUT2D eigenvalue weighted by Crippen LogP contribution is 2.51. The highest BCUT2D eigenvalue weighted by Gasteiger charge is 2.60. The van der Waals surface area contributed by atoms with Crippen LogP contribution >= 0.6 is 11.8 Å². The molecule has 0 aromatic rings. The number of hydrogen-bond acceptors (Lipinski definition) is 6. The van der Waals surface area contributed by atoms with E-state index in [1.54, 1.807) is 6.92 Å². The molecule has 2 saturated heterocycles. The van der Waals surface area contributed by atoms with Gasteiger partial charge < -0.3 is 25.5 Å². The van der Waals surface area contributed by atoms with Crippen molar-refractivity contribution in [1.29, 1.82) is 0 Å². The molecule has 0 bridgehead atoms. The van der Waals surface area contributed by atoms with E-state index in [0.29, 0.717) is 11.4 Å². The van der Waals surface area contributed by atoms with E-state index in [2.05, 4.69) is 5.32 Å². The SMILES string of the molecule is CC(O)C1C(=O)N2C(C(=O)O)=C(SC3CNC(CO)C3)C(C)[C@H]12. The van der Waals surface area contributed by atoms with Crippen molar-refractivity contribution in [3.8, 4) is 0 Å². The maximum Gasteiger partial charge on any atom is 0.353 e. The van der Waals surface area contributed by atoms with E-state index in [1.807, 2.05) is 6.92 Å². The van der Waals surface area contributed by atoms with Crippen LogP contribution in [0.3, 0.4) is 0 Å². The molecule has 3 rings (SSSR count). The van der Waals surface area contributed by atoms with Gasteiger partial charge in [0.25, 0.3) is 0 Å². The summed E-state index contributed by atoms with van der Waals surface area (Å²) >= 11 is 1.49. The van der Waals surface area contributed by atoms with Crippen molar-refractivity contribution in [2.45, 2.75) is 43.7 Å². The lowest BCUT2D eigenvalue weighted by Crippen LogP contribution is -2.63. The summed E-state index contributed by atoms with van der Waals surface area (Å²) in [6, 6.07) is -0.221. The van der Waals surface area contributed by atoms with Crippen molar-refractivity contribution in [3.05, 3.63) is 10.6 Å². The van der Waals surface area contributed by atoms with Crippen LogP contribution in [-0.4, -0.2) is 68.7 Å². The van der Waals surface area contributed by atoms with Crippen LogP contribution in [-0.2, 0) is 9.59 Å². The second-order valence-electron chi connectivity index (χ2n) is 6.54. The van der Waals surface area contributed by atoms with Gasteiger partial charge in [-0.3, -0.25) is 4.79 Å². The third kappa shape index (κ3) is 2.57. The van der Waals surface area contributed by atoms with Crippen LogP contribution in [0.25, 0.3) is 0 Å². The highest BCUT2D eigenvalue weighted by molar-refractivity contribution is 8.03. The molecule has 3 aliphatic rings. The molecule has 5 unspecified atom stereocenters. The van der Waals surface area contributed by atoms with Gasteiger partial charge >= 0.3 is 5.97 Å². The molecular formula is C15H22N2O5S. The Morgan fingerprint density at radius 1 is 1.52 bits per heavy atom. The maximum atomic E-state index is 12.2. The summed E-state index contributed by atoms with van der Waals surface area (Å²) in [4.78, 5) is 26.0. The first-order chi connectivity index (χ1) is 10.9. The Morgan fingerprint density at radius 2 is 2.22 bits per heavy atom. The molecule has 6 atom stereocenters. The van der Waals surface area contributed by atoms with Gasteiger partial charge in [-0.15, -0.1) is 11.8 Å². The molecule has 7 nitrogen and oxygen atoms in total. The Balaban J connectivity index is 1.83. The number of fused-ring (bicyclic) bond motifs is 1. The molecule has 1 amide bonds. The summed E-state index contributed by atoms with van der Waals surface area (Å²) in [6.07, 6.45) is -0.0135. The van der Waals surface area contributed by atoms with Gasteiger partial charge in [0, 0.05) is 28.7 Å². The van der Waals surface area contributed by atoms with Gasteiger partial charge in [-0.25, -0.2) is 4.79 Å². The molecule has 0 spiro atoms. The summed E-state index contributed by atoms with van der Waals surface area (Å²) in [5.74, 6) is -2.02. The number of thioether (sulfide) groups is 1. The van der Waals surface area contributed by atoms with Gasteiger partial charge in [-0.2, -0.15) is 0 Å². The fourth-order valence-corrected chi connectivity index (χ4v) is 5.39. The average molecular weight is 342 g/mol. The Morgan fingerprint density at radius 3 is 2.74 bits per heavy atom. The molecule has 8 heteroatoms. The van der Waals surface area contributed by atoms with E-state index in [4.69, 9.17) is 0 Å². The minimum Gasteiger partial charge on any atom is -0.477 e. The summed E-state index contributed by atoms with van der Waals surface area (Å²) in [6.45, 7) is 4.26. The van der Waals surface area contributed by atoms with Gasteiger partial charge in [0.05, 0.1) is 24.7 Å². The zero-order chi connectivity index (χ0) is 16.9. The van der Waals surface area contributed by atoms with Crippen molar-refractivity contribution in [2.75, 3.05) is 13.2 Å². The molecule has 3 heterocycles. The molecule has 0 saturated carbocycles. The largest absolute Gasteiger partial charge is 0.477 e. The molecule has 0 aromatic carbocycles. The first-order valence-electron chi connectivity index (χ1n) is 7.86. The molecule has 0 radical (unpaired) electrons. The number of rotatable bonds is 5. The molecule has 4 N–H and O–H groups in total. The fourth-order valence-electron chi connectivity index (χ4n) is 3.87. The number of carbonyl (C=O) groups is 2. The van der Waals surface area contributed by atoms with Gasteiger partial charge in [0.2, 0.25) is 5.91 Å². The predicted octanol–water partition coefficient (Wildman–Crippen LogP) is -0.404. The van der Waals surface area contributed by atoms with Crippen LogP contribution in [0.4, 0.5) is 0 Å². The predicted molar refractivity (Wildman–Crippen MR) is 84.5 cm³/mol. The first-order valence-corrected chi connectivity index (χ1v) is 8.74. The normalized spacial score (nSPS) is 37.8. The van der Waals surface area contributed by atoms with Gasteiger partial charge in [0.15, 0.2) is 0 Å². The minimum atomic E-state index is -1.09. The molecule has 0 aliphatic carbocycles. The number of amides is 1. The molecular weight excluding hydrogens is 320 g/mol. The van der Waals surface area contributed by atoms with E-state index in [-0.39, 0.29) is 41.5 Å². The number of hydrogen-bond donors (Lipinski definition) is 4. The lowest BCUT2D eigenvalue weighted by atomic mass is 9.79. The van der Waals surface area contributed by atoms with Gasteiger partial charge in [-0.05, 0) is 13.3 Å². The number of carbonyl (C=O) groups excluding carboxylic acids is 1. The average Bonchev–Trinajstić information content (AvgIpc) is 3.02. The monoisotopic (exact) mass is 342 g/mol. The van der Waals surface area contributed by atoms with Gasteiger partial charge in [-0.1, -0.05) is 6.92 Å². The van der Waals surface area contributed by atoms with Crippen LogP contribution in [0, 0.1) is 11.8 Å². The zero-order valence-electron chi connectivity index (χ0n) is 13.1. The van der Waals surface area contributed by atoms with E-state index in [9.17, 15) is 24.9 Å². The highest BCUT2D eigenvalue weighted by atomic mass is 32.2. The minimum absolute atomic E-state index is 0.0435. The van der Waals surface area contributed by atoms with E-state index in [0.717, 1.165) is 6.42 Å². The standard InChI is InChI=1S/C15H22N2O5S/c1-6-11-10(7(2)19)14(20)17(11)12(15(21)22)13(6)23-9-3-8(5-18)16-4-9/h6-11,16,18-19H,3-5H2,1-2H3,(H,21,22)/t6?,7?,8?,9?,10?,11-/m1/s1. The second-order valence-corrected chi connectivity index (χ2v) is 7.88. The molecule has 3 aliphatic heterocycles.